The first-order valence-electron chi connectivity index (χ1n) is 8.84. The molecule has 1 saturated carbocycles. The molecule has 0 radical (unpaired) electrons. The molecule has 3 atom stereocenters. The Balaban J connectivity index is 1.65. The SMILES string of the molecule is C[C@H](Nc1nc(C(=O)C2CC[C@H](N)C2)c2sccc2n1)c1ccccn1. The molecule has 3 N–H and O–H groups in total. The van der Waals surface area contributed by atoms with Crippen LogP contribution in [0.5, 0.6) is 0 Å². The fraction of sp³-hybridized carbons (Fsp3) is 0.368. The second-order valence-corrected chi connectivity index (χ2v) is 7.70. The van der Waals surface area contributed by atoms with E-state index in [2.05, 4.69) is 20.3 Å². The molecule has 0 spiro atoms. The topological polar surface area (TPSA) is 93.8 Å². The summed E-state index contributed by atoms with van der Waals surface area (Å²) in [6.45, 7) is 2.00. The highest BCUT2D eigenvalue weighted by Gasteiger charge is 2.31. The Morgan fingerprint density at radius 2 is 2.19 bits per heavy atom. The lowest BCUT2D eigenvalue weighted by molar-refractivity contribution is 0.0919. The minimum absolute atomic E-state index is 0.0359. The van der Waals surface area contributed by atoms with E-state index < -0.39 is 0 Å². The van der Waals surface area contributed by atoms with Gasteiger partial charge in [0.15, 0.2) is 5.78 Å². The average molecular weight is 367 g/mol. The predicted octanol–water partition coefficient (Wildman–Crippen LogP) is 3.57. The maximum absolute atomic E-state index is 13.0. The molecule has 1 aliphatic carbocycles. The summed E-state index contributed by atoms with van der Waals surface area (Å²) in [7, 11) is 0. The summed E-state index contributed by atoms with van der Waals surface area (Å²) < 4.78 is 0.853. The van der Waals surface area contributed by atoms with E-state index in [1.165, 1.54) is 11.3 Å². The van der Waals surface area contributed by atoms with Crippen molar-refractivity contribution >= 4 is 33.3 Å². The largest absolute Gasteiger partial charge is 0.346 e. The lowest BCUT2D eigenvalue weighted by atomic mass is 9.99. The minimum Gasteiger partial charge on any atom is -0.346 e. The van der Waals surface area contributed by atoms with Gasteiger partial charge in [0.25, 0.3) is 0 Å². The second-order valence-electron chi connectivity index (χ2n) is 6.79. The summed E-state index contributed by atoms with van der Waals surface area (Å²) in [5.41, 5.74) is 8.20. The van der Waals surface area contributed by atoms with Crippen LogP contribution in [0.2, 0.25) is 0 Å². The lowest BCUT2D eigenvalue weighted by Crippen LogP contribution is -2.19. The Labute approximate surface area is 155 Å². The number of fused-ring (bicyclic) bond motifs is 1. The number of carbonyl (C=O) groups is 1. The normalized spacial score (nSPS) is 21.0. The lowest BCUT2D eigenvalue weighted by Gasteiger charge is -2.15. The van der Waals surface area contributed by atoms with Gasteiger partial charge in [-0.25, -0.2) is 9.97 Å². The molecule has 0 amide bonds. The van der Waals surface area contributed by atoms with Crippen LogP contribution < -0.4 is 11.1 Å². The summed E-state index contributed by atoms with van der Waals surface area (Å²) in [6, 6.07) is 7.76. The van der Waals surface area contributed by atoms with Gasteiger partial charge in [0, 0.05) is 18.2 Å². The predicted molar refractivity (Wildman–Crippen MR) is 103 cm³/mol. The quantitative estimate of drug-likeness (QED) is 0.670. The fourth-order valence-corrected chi connectivity index (χ4v) is 4.27. The van der Waals surface area contributed by atoms with Gasteiger partial charge >= 0.3 is 0 Å². The Morgan fingerprint density at radius 1 is 1.31 bits per heavy atom. The number of rotatable bonds is 5. The number of hydrogen-bond acceptors (Lipinski definition) is 7. The van der Waals surface area contributed by atoms with Crippen molar-refractivity contribution in [1.29, 1.82) is 0 Å². The van der Waals surface area contributed by atoms with Gasteiger partial charge in [-0.2, -0.15) is 0 Å². The third-order valence-electron chi connectivity index (χ3n) is 4.86. The van der Waals surface area contributed by atoms with E-state index in [1.807, 2.05) is 36.6 Å². The minimum atomic E-state index is -0.0601. The Morgan fingerprint density at radius 3 is 2.92 bits per heavy atom. The first kappa shape index (κ1) is 17.1. The molecule has 0 saturated heterocycles. The number of pyridine rings is 1. The number of anilines is 1. The third-order valence-corrected chi connectivity index (χ3v) is 5.77. The number of nitrogens with one attached hydrogen (secondary N) is 1. The molecule has 0 bridgehead atoms. The Kier molecular flexibility index (Phi) is 4.65. The van der Waals surface area contributed by atoms with E-state index in [4.69, 9.17) is 5.73 Å². The maximum Gasteiger partial charge on any atom is 0.224 e. The van der Waals surface area contributed by atoms with Crippen molar-refractivity contribution in [2.24, 2.45) is 11.7 Å². The van der Waals surface area contributed by atoms with Gasteiger partial charge in [-0.15, -0.1) is 11.3 Å². The molecule has 3 aromatic heterocycles. The third kappa shape index (κ3) is 3.32. The van der Waals surface area contributed by atoms with Crippen LogP contribution in [0.4, 0.5) is 5.95 Å². The highest BCUT2D eigenvalue weighted by molar-refractivity contribution is 7.17. The maximum atomic E-state index is 13.0. The van der Waals surface area contributed by atoms with Crippen LogP contribution in [0.15, 0.2) is 35.8 Å². The fourth-order valence-electron chi connectivity index (χ4n) is 3.44. The zero-order chi connectivity index (χ0) is 18.1. The summed E-state index contributed by atoms with van der Waals surface area (Å²) in [5, 5.41) is 5.22. The van der Waals surface area contributed by atoms with Crippen molar-refractivity contribution in [3.05, 3.63) is 47.2 Å². The van der Waals surface area contributed by atoms with Crippen LogP contribution >= 0.6 is 11.3 Å². The van der Waals surface area contributed by atoms with E-state index in [-0.39, 0.29) is 23.8 Å². The summed E-state index contributed by atoms with van der Waals surface area (Å²) in [4.78, 5) is 26.5. The Hall–Kier alpha value is -2.38. The van der Waals surface area contributed by atoms with Crippen molar-refractivity contribution in [2.75, 3.05) is 5.32 Å². The van der Waals surface area contributed by atoms with Crippen molar-refractivity contribution < 1.29 is 4.79 Å². The van der Waals surface area contributed by atoms with Crippen molar-refractivity contribution in [1.82, 2.24) is 15.0 Å². The zero-order valence-electron chi connectivity index (χ0n) is 14.6. The number of hydrogen-bond donors (Lipinski definition) is 2. The average Bonchev–Trinajstić information content (AvgIpc) is 3.30. The van der Waals surface area contributed by atoms with E-state index in [1.54, 1.807) is 6.20 Å². The van der Waals surface area contributed by atoms with E-state index in [0.29, 0.717) is 11.6 Å². The molecule has 6 nitrogen and oxygen atoms in total. The number of nitrogens with two attached hydrogens (primary N) is 1. The van der Waals surface area contributed by atoms with Crippen molar-refractivity contribution in [3.63, 3.8) is 0 Å². The first-order valence-corrected chi connectivity index (χ1v) is 9.72. The highest BCUT2D eigenvalue weighted by atomic mass is 32.1. The van der Waals surface area contributed by atoms with Gasteiger partial charge in [-0.1, -0.05) is 6.07 Å². The standard InChI is InChI=1S/C19H21N5OS/c1-11(14-4-2-3-8-21-14)22-19-23-15-7-9-26-18(15)16(24-19)17(25)12-5-6-13(20)10-12/h2-4,7-9,11-13H,5-6,10,20H2,1H3,(H,22,23,24)/t11-,12?,13-/m0/s1. The smallest absolute Gasteiger partial charge is 0.224 e. The van der Waals surface area contributed by atoms with E-state index in [0.717, 1.165) is 35.2 Å². The molecule has 1 fully saturated rings. The second kappa shape index (κ2) is 7.09. The first-order chi connectivity index (χ1) is 12.6. The van der Waals surface area contributed by atoms with Crippen LogP contribution in [0.3, 0.4) is 0 Å². The Bertz CT molecular complexity index is 926. The summed E-state index contributed by atoms with van der Waals surface area (Å²) >= 11 is 1.51. The molecule has 1 unspecified atom stereocenters. The number of Topliss-reactive ketones (excluding diaryl/α,β-unsaturated/α-hetero) is 1. The van der Waals surface area contributed by atoms with Gasteiger partial charge in [0.1, 0.15) is 5.69 Å². The number of ketones is 1. The van der Waals surface area contributed by atoms with Crippen molar-refractivity contribution in [2.45, 2.75) is 38.3 Å². The van der Waals surface area contributed by atoms with Crippen LogP contribution in [-0.2, 0) is 0 Å². The van der Waals surface area contributed by atoms with Gasteiger partial charge in [0.2, 0.25) is 5.95 Å². The van der Waals surface area contributed by atoms with Crippen molar-refractivity contribution in [3.8, 4) is 0 Å². The molecule has 7 heteroatoms. The molecule has 3 aromatic rings. The van der Waals surface area contributed by atoms with Gasteiger partial charge < -0.3 is 11.1 Å². The zero-order valence-corrected chi connectivity index (χ0v) is 15.4. The van der Waals surface area contributed by atoms with E-state index >= 15 is 0 Å². The van der Waals surface area contributed by atoms with Gasteiger partial charge in [0.05, 0.1) is 22.0 Å². The van der Waals surface area contributed by atoms with Gasteiger partial charge in [-0.05, 0) is 49.8 Å². The highest BCUT2D eigenvalue weighted by Crippen LogP contribution is 2.32. The van der Waals surface area contributed by atoms with Gasteiger partial charge in [-0.3, -0.25) is 9.78 Å². The summed E-state index contributed by atoms with van der Waals surface area (Å²) in [5.74, 6) is 0.507. The number of aromatic nitrogens is 3. The van der Waals surface area contributed by atoms with E-state index in [9.17, 15) is 4.79 Å². The van der Waals surface area contributed by atoms with Crippen LogP contribution in [0.25, 0.3) is 10.2 Å². The number of nitrogens with zero attached hydrogens (tertiary/aromatic N) is 3. The van der Waals surface area contributed by atoms with Crippen LogP contribution in [0, 0.1) is 5.92 Å². The molecule has 0 aliphatic heterocycles. The van der Waals surface area contributed by atoms with Crippen LogP contribution in [0.1, 0.15) is 48.4 Å². The summed E-state index contributed by atoms with van der Waals surface area (Å²) in [6.07, 6.45) is 4.23. The number of carbonyl (C=O) groups excluding carboxylic acids is 1. The molecule has 1 aliphatic rings. The molecule has 3 heterocycles. The van der Waals surface area contributed by atoms with Crippen LogP contribution in [-0.4, -0.2) is 26.8 Å². The molecular weight excluding hydrogens is 346 g/mol. The molecular formula is C19H21N5OS. The monoisotopic (exact) mass is 367 g/mol. The number of thiophene rings is 1. The molecule has 0 aromatic carbocycles. The molecule has 134 valence electrons. The molecule has 4 rings (SSSR count). The molecule has 26 heavy (non-hydrogen) atoms.